The number of carbonyl (C=O) groups is 1. The Bertz CT molecular complexity index is 954. The highest BCUT2D eigenvalue weighted by atomic mass is 16.2. The van der Waals surface area contributed by atoms with Crippen molar-refractivity contribution in [2.45, 2.75) is 46.7 Å². The minimum absolute atomic E-state index is 0.0342. The number of anilines is 1. The largest absolute Gasteiger partial charge is 0.324 e. The number of nitrogens with one attached hydrogen (secondary N) is 2. The molecule has 150 valence electrons. The highest BCUT2D eigenvalue weighted by Gasteiger charge is 2.21. The zero-order chi connectivity index (χ0) is 21.0. The minimum atomic E-state index is -0.360. The van der Waals surface area contributed by atoms with Gasteiger partial charge in [-0.2, -0.15) is 0 Å². The molecule has 0 unspecified atom stereocenters. The molecule has 0 spiro atoms. The highest BCUT2D eigenvalue weighted by Crippen LogP contribution is 2.25. The fraction of sp³-hybridized carbons (Fsp3) is 0.269. The number of amides is 1. The first kappa shape index (κ1) is 20.8. The van der Waals surface area contributed by atoms with Gasteiger partial charge in [-0.3, -0.25) is 10.1 Å². The van der Waals surface area contributed by atoms with Crippen molar-refractivity contribution in [2.75, 3.05) is 5.32 Å². The fourth-order valence-electron chi connectivity index (χ4n) is 3.72. The van der Waals surface area contributed by atoms with Gasteiger partial charge < -0.3 is 5.32 Å². The molecule has 3 heteroatoms. The van der Waals surface area contributed by atoms with Crippen LogP contribution in [0.5, 0.6) is 0 Å². The van der Waals surface area contributed by atoms with E-state index in [1.165, 1.54) is 11.1 Å². The summed E-state index contributed by atoms with van der Waals surface area (Å²) in [5.74, 6) is -0.0342. The molecule has 2 atom stereocenters. The van der Waals surface area contributed by atoms with E-state index in [9.17, 15) is 4.79 Å². The average Bonchev–Trinajstić information content (AvgIpc) is 2.70. The Balaban J connectivity index is 1.82. The van der Waals surface area contributed by atoms with Crippen molar-refractivity contribution in [1.82, 2.24) is 5.32 Å². The Labute approximate surface area is 174 Å². The Kier molecular flexibility index (Phi) is 6.50. The quantitative estimate of drug-likeness (QED) is 0.577. The predicted molar refractivity (Wildman–Crippen MR) is 121 cm³/mol. The van der Waals surface area contributed by atoms with Crippen LogP contribution in [-0.2, 0) is 4.79 Å². The maximum Gasteiger partial charge on any atom is 0.241 e. The SMILES string of the molecule is Cc1ccc([C@H](N[C@@H](C)C(=O)Nc2c(C)cc(C)cc2C)c2ccccc2)cc1. The van der Waals surface area contributed by atoms with Crippen molar-refractivity contribution in [1.29, 1.82) is 0 Å². The minimum Gasteiger partial charge on any atom is -0.324 e. The summed E-state index contributed by atoms with van der Waals surface area (Å²) >= 11 is 0. The Morgan fingerprint density at radius 3 is 1.90 bits per heavy atom. The molecule has 3 nitrogen and oxygen atoms in total. The van der Waals surface area contributed by atoms with E-state index in [1.54, 1.807) is 0 Å². The number of aryl methyl sites for hydroxylation is 4. The van der Waals surface area contributed by atoms with Gasteiger partial charge in [0.1, 0.15) is 0 Å². The lowest BCUT2D eigenvalue weighted by Gasteiger charge is -2.25. The molecule has 1 amide bonds. The van der Waals surface area contributed by atoms with Crippen LogP contribution < -0.4 is 10.6 Å². The maximum atomic E-state index is 13.0. The maximum absolute atomic E-state index is 13.0. The summed E-state index contributed by atoms with van der Waals surface area (Å²) in [4.78, 5) is 13.0. The molecular weight excluding hydrogens is 356 g/mol. The molecule has 3 aromatic rings. The standard InChI is InChI=1S/C26H30N2O/c1-17-11-13-23(14-12-17)25(22-9-7-6-8-10-22)27-21(5)26(29)28-24-19(3)15-18(2)16-20(24)4/h6-16,21,25,27H,1-5H3,(H,28,29)/t21-,25+/m0/s1. The third-order valence-corrected chi connectivity index (χ3v) is 5.28. The van der Waals surface area contributed by atoms with Gasteiger partial charge in [0, 0.05) is 5.69 Å². The lowest BCUT2D eigenvalue weighted by Crippen LogP contribution is -2.40. The average molecular weight is 387 g/mol. The van der Waals surface area contributed by atoms with Crippen molar-refractivity contribution in [2.24, 2.45) is 0 Å². The lowest BCUT2D eigenvalue weighted by molar-refractivity contribution is -0.117. The molecule has 3 aromatic carbocycles. The van der Waals surface area contributed by atoms with Crippen LogP contribution in [0.4, 0.5) is 5.69 Å². The van der Waals surface area contributed by atoms with E-state index >= 15 is 0 Å². The number of hydrogen-bond donors (Lipinski definition) is 2. The molecule has 0 aliphatic heterocycles. The van der Waals surface area contributed by atoms with E-state index in [2.05, 4.69) is 73.0 Å². The van der Waals surface area contributed by atoms with Crippen LogP contribution in [0, 0.1) is 27.7 Å². The summed E-state index contributed by atoms with van der Waals surface area (Å²) < 4.78 is 0. The molecule has 0 aliphatic rings. The molecule has 0 aromatic heterocycles. The first-order chi connectivity index (χ1) is 13.8. The molecule has 0 aliphatic carbocycles. The number of hydrogen-bond acceptors (Lipinski definition) is 2. The van der Waals surface area contributed by atoms with E-state index in [-0.39, 0.29) is 18.0 Å². The summed E-state index contributed by atoms with van der Waals surface area (Å²) in [7, 11) is 0. The van der Waals surface area contributed by atoms with Crippen molar-refractivity contribution < 1.29 is 4.79 Å². The summed E-state index contributed by atoms with van der Waals surface area (Å²) in [5, 5.41) is 6.65. The van der Waals surface area contributed by atoms with Gasteiger partial charge in [0.25, 0.3) is 0 Å². The number of benzene rings is 3. The second-order valence-electron chi connectivity index (χ2n) is 7.91. The van der Waals surface area contributed by atoms with E-state index in [1.807, 2.05) is 39.0 Å². The summed E-state index contributed by atoms with van der Waals surface area (Å²) in [6.45, 7) is 10.1. The van der Waals surface area contributed by atoms with Gasteiger partial charge in [0.2, 0.25) is 5.91 Å². The topological polar surface area (TPSA) is 41.1 Å². The summed E-state index contributed by atoms with van der Waals surface area (Å²) in [6.07, 6.45) is 0. The van der Waals surface area contributed by atoms with Crippen LogP contribution in [-0.4, -0.2) is 11.9 Å². The first-order valence-electron chi connectivity index (χ1n) is 10.1. The Morgan fingerprint density at radius 1 is 0.759 bits per heavy atom. The summed E-state index contributed by atoms with van der Waals surface area (Å²) in [6, 6.07) is 22.5. The molecule has 0 bridgehead atoms. The third-order valence-electron chi connectivity index (χ3n) is 5.28. The van der Waals surface area contributed by atoms with Crippen LogP contribution in [0.2, 0.25) is 0 Å². The van der Waals surface area contributed by atoms with Crippen molar-refractivity contribution in [3.05, 3.63) is 100 Å². The van der Waals surface area contributed by atoms with Crippen LogP contribution in [0.3, 0.4) is 0 Å². The van der Waals surface area contributed by atoms with Crippen molar-refractivity contribution in [3.63, 3.8) is 0 Å². The predicted octanol–water partition coefficient (Wildman–Crippen LogP) is 5.63. The molecule has 0 saturated heterocycles. The van der Waals surface area contributed by atoms with Crippen LogP contribution in [0.1, 0.15) is 46.3 Å². The highest BCUT2D eigenvalue weighted by molar-refractivity contribution is 5.96. The van der Waals surface area contributed by atoms with Crippen molar-refractivity contribution >= 4 is 11.6 Å². The molecule has 0 radical (unpaired) electrons. The normalized spacial score (nSPS) is 13.0. The smallest absolute Gasteiger partial charge is 0.241 e. The molecular formula is C26H30N2O. The second kappa shape index (κ2) is 9.06. The van der Waals surface area contributed by atoms with Gasteiger partial charge in [0.15, 0.2) is 0 Å². The Hall–Kier alpha value is -2.91. The molecule has 0 heterocycles. The first-order valence-corrected chi connectivity index (χ1v) is 10.1. The Morgan fingerprint density at radius 2 is 1.31 bits per heavy atom. The van der Waals surface area contributed by atoms with E-state index in [0.29, 0.717) is 0 Å². The van der Waals surface area contributed by atoms with Crippen LogP contribution in [0.25, 0.3) is 0 Å². The van der Waals surface area contributed by atoms with E-state index in [0.717, 1.165) is 27.9 Å². The van der Waals surface area contributed by atoms with E-state index < -0.39 is 0 Å². The van der Waals surface area contributed by atoms with E-state index in [4.69, 9.17) is 0 Å². The third kappa shape index (κ3) is 5.12. The molecule has 0 saturated carbocycles. The van der Waals surface area contributed by atoms with Gasteiger partial charge in [-0.15, -0.1) is 0 Å². The van der Waals surface area contributed by atoms with Gasteiger partial charge in [-0.05, 0) is 56.9 Å². The number of rotatable bonds is 6. The van der Waals surface area contributed by atoms with Gasteiger partial charge >= 0.3 is 0 Å². The fourth-order valence-corrected chi connectivity index (χ4v) is 3.72. The lowest BCUT2D eigenvalue weighted by atomic mass is 9.97. The van der Waals surface area contributed by atoms with Gasteiger partial charge in [-0.1, -0.05) is 77.9 Å². The number of carbonyl (C=O) groups excluding carboxylic acids is 1. The summed E-state index contributed by atoms with van der Waals surface area (Å²) in [5.41, 5.74) is 7.77. The van der Waals surface area contributed by atoms with Gasteiger partial charge in [-0.25, -0.2) is 0 Å². The molecule has 0 fully saturated rings. The molecule has 2 N–H and O–H groups in total. The van der Waals surface area contributed by atoms with Crippen LogP contribution >= 0.6 is 0 Å². The monoisotopic (exact) mass is 386 g/mol. The van der Waals surface area contributed by atoms with Gasteiger partial charge in [0.05, 0.1) is 12.1 Å². The second-order valence-corrected chi connectivity index (χ2v) is 7.91. The zero-order valence-corrected chi connectivity index (χ0v) is 17.9. The molecule has 29 heavy (non-hydrogen) atoms. The van der Waals surface area contributed by atoms with Crippen molar-refractivity contribution in [3.8, 4) is 0 Å². The van der Waals surface area contributed by atoms with Crippen LogP contribution in [0.15, 0.2) is 66.7 Å². The molecule has 3 rings (SSSR count). The zero-order valence-electron chi connectivity index (χ0n) is 17.9.